The number of nitrogens with zero attached hydrogens (tertiary/aromatic N) is 2. The lowest BCUT2D eigenvalue weighted by Crippen LogP contribution is -2.37. The molecule has 1 aliphatic heterocycles. The topological polar surface area (TPSA) is 70.1 Å². The Labute approximate surface area is 149 Å². The van der Waals surface area contributed by atoms with E-state index in [1.165, 1.54) is 0 Å². The van der Waals surface area contributed by atoms with Crippen molar-refractivity contribution in [3.63, 3.8) is 0 Å². The number of hydrogen-bond acceptors (Lipinski definition) is 4. The molecule has 6 nitrogen and oxygen atoms in total. The Hall–Kier alpha value is -2.08. The van der Waals surface area contributed by atoms with Gasteiger partial charge in [0.15, 0.2) is 0 Å². The van der Waals surface area contributed by atoms with Crippen LogP contribution in [-0.2, 0) is 16.0 Å². The summed E-state index contributed by atoms with van der Waals surface area (Å²) < 4.78 is 5.42. The molecule has 138 valence electrons. The van der Waals surface area contributed by atoms with Crippen LogP contribution in [0.4, 0.5) is 0 Å². The van der Waals surface area contributed by atoms with Crippen molar-refractivity contribution in [2.45, 2.75) is 38.6 Å². The number of aliphatic carboxylic acids is 1. The third kappa shape index (κ3) is 6.05. The van der Waals surface area contributed by atoms with Crippen molar-refractivity contribution >= 4 is 11.9 Å². The smallest absolute Gasteiger partial charge is 0.317 e. The molecule has 0 saturated carbocycles. The van der Waals surface area contributed by atoms with Crippen molar-refractivity contribution in [1.29, 1.82) is 0 Å². The summed E-state index contributed by atoms with van der Waals surface area (Å²) in [5.41, 5.74) is 0.984. The van der Waals surface area contributed by atoms with Crippen LogP contribution < -0.4 is 4.74 Å². The molecule has 0 spiro atoms. The lowest BCUT2D eigenvalue weighted by atomic mass is 10.1. The highest BCUT2D eigenvalue weighted by Gasteiger charge is 2.24. The first-order valence-corrected chi connectivity index (χ1v) is 8.91. The fraction of sp³-hybridized carbons (Fsp3) is 0.579. The number of hydrogen-bond donors (Lipinski definition) is 1. The lowest BCUT2D eigenvalue weighted by Gasteiger charge is -2.25. The summed E-state index contributed by atoms with van der Waals surface area (Å²) in [4.78, 5) is 27.2. The normalized spacial score (nSPS) is 18.0. The van der Waals surface area contributed by atoms with E-state index in [1.807, 2.05) is 48.0 Å². The number of likely N-dealkylation sites (N-methyl/N-ethyl adjacent to an activating group) is 1. The van der Waals surface area contributed by atoms with Gasteiger partial charge in [-0.3, -0.25) is 14.5 Å². The molecule has 1 N–H and O–H groups in total. The fourth-order valence-corrected chi connectivity index (χ4v) is 3.27. The maximum Gasteiger partial charge on any atom is 0.317 e. The van der Waals surface area contributed by atoms with Gasteiger partial charge >= 0.3 is 5.97 Å². The van der Waals surface area contributed by atoms with E-state index in [1.54, 1.807) is 0 Å². The minimum Gasteiger partial charge on any atom is -0.494 e. The molecule has 0 radical (unpaired) electrons. The Morgan fingerprint density at radius 2 is 1.96 bits per heavy atom. The predicted octanol–water partition coefficient (Wildman–Crippen LogP) is 2.03. The first kappa shape index (κ1) is 19.2. The number of carbonyl (C=O) groups is 2. The summed E-state index contributed by atoms with van der Waals surface area (Å²) in [6.45, 7) is 4.05. The van der Waals surface area contributed by atoms with Crippen molar-refractivity contribution in [1.82, 2.24) is 9.80 Å². The van der Waals surface area contributed by atoms with E-state index in [9.17, 15) is 9.59 Å². The van der Waals surface area contributed by atoms with Crippen LogP contribution in [0.1, 0.15) is 31.7 Å². The van der Waals surface area contributed by atoms with Crippen molar-refractivity contribution < 1.29 is 19.4 Å². The molecule has 2 rings (SSSR count). The first-order chi connectivity index (χ1) is 12.0. The zero-order valence-electron chi connectivity index (χ0n) is 15.1. The second-order valence-electron chi connectivity index (χ2n) is 6.53. The Morgan fingerprint density at radius 1 is 1.24 bits per heavy atom. The van der Waals surface area contributed by atoms with Gasteiger partial charge in [0.2, 0.25) is 5.91 Å². The molecule has 0 aliphatic carbocycles. The molecule has 1 aromatic carbocycles. The highest BCUT2D eigenvalue weighted by atomic mass is 16.5. The molecule has 1 heterocycles. The zero-order chi connectivity index (χ0) is 18.2. The van der Waals surface area contributed by atoms with Crippen molar-refractivity contribution in [2.75, 3.05) is 33.3 Å². The Morgan fingerprint density at radius 3 is 2.60 bits per heavy atom. The summed E-state index contributed by atoms with van der Waals surface area (Å²) in [6, 6.07) is 7.88. The van der Waals surface area contributed by atoms with Crippen molar-refractivity contribution in [3.05, 3.63) is 29.8 Å². The average Bonchev–Trinajstić information content (AvgIpc) is 2.82. The number of benzene rings is 1. The van der Waals surface area contributed by atoms with Crippen molar-refractivity contribution in [3.8, 4) is 5.75 Å². The second kappa shape index (κ2) is 9.42. The number of likely N-dealkylation sites (tertiary alicyclic amines) is 1. The van der Waals surface area contributed by atoms with Gasteiger partial charge in [-0.1, -0.05) is 12.1 Å². The Kier molecular flexibility index (Phi) is 7.25. The summed E-state index contributed by atoms with van der Waals surface area (Å²) in [6.07, 6.45) is 3.04. The van der Waals surface area contributed by atoms with E-state index in [2.05, 4.69) is 0 Å². The van der Waals surface area contributed by atoms with E-state index in [4.69, 9.17) is 9.84 Å². The summed E-state index contributed by atoms with van der Waals surface area (Å²) in [5, 5.41) is 8.93. The van der Waals surface area contributed by atoms with Gasteiger partial charge < -0.3 is 14.7 Å². The van der Waals surface area contributed by atoms with Gasteiger partial charge in [-0.05, 0) is 50.9 Å². The van der Waals surface area contributed by atoms with Crippen LogP contribution in [0, 0.1) is 0 Å². The Bertz CT molecular complexity index is 573. The molecule has 1 fully saturated rings. The van der Waals surface area contributed by atoms with Gasteiger partial charge in [-0.15, -0.1) is 0 Å². The molecular weight excluding hydrogens is 320 g/mol. The molecule has 0 bridgehead atoms. The van der Waals surface area contributed by atoms with Gasteiger partial charge in [-0.2, -0.15) is 0 Å². The van der Waals surface area contributed by atoms with E-state index in [-0.39, 0.29) is 18.5 Å². The lowest BCUT2D eigenvalue weighted by molar-refractivity contribution is -0.138. The third-order valence-electron chi connectivity index (χ3n) is 4.65. The molecular formula is C19H28N2O4. The molecule has 1 amide bonds. The SMILES string of the molecule is CCOc1ccc(CC(=O)N2CCCC(N(C)CC(=O)O)CC2)cc1. The third-order valence-corrected chi connectivity index (χ3v) is 4.65. The highest BCUT2D eigenvalue weighted by molar-refractivity contribution is 5.78. The van der Waals surface area contributed by atoms with Gasteiger partial charge in [0.25, 0.3) is 0 Å². The molecule has 1 aromatic rings. The molecule has 6 heteroatoms. The Balaban J connectivity index is 1.86. The number of ether oxygens (including phenoxy) is 1. The molecule has 1 unspecified atom stereocenters. The maximum absolute atomic E-state index is 12.6. The standard InChI is InChI=1S/C19H28N2O4/c1-3-25-17-8-6-15(7-9-17)13-18(22)21-11-4-5-16(10-12-21)20(2)14-19(23)24/h6-9,16H,3-5,10-14H2,1-2H3,(H,23,24). The number of carbonyl (C=O) groups excluding carboxylic acids is 1. The highest BCUT2D eigenvalue weighted by Crippen LogP contribution is 2.18. The van der Waals surface area contributed by atoms with E-state index < -0.39 is 5.97 Å². The van der Waals surface area contributed by atoms with Gasteiger partial charge in [-0.25, -0.2) is 0 Å². The van der Waals surface area contributed by atoms with E-state index >= 15 is 0 Å². The van der Waals surface area contributed by atoms with Gasteiger partial charge in [0, 0.05) is 19.1 Å². The summed E-state index contributed by atoms with van der Waals surface area (Å²) in [7, 11) is 1.84. The molecule has 0 aromatic heterocycles. The van der Waals surface area contributed by atoms with E-state index in [0.29, 0.717) is 19.6 Å². The second-order valence-corrected chi connectivity index (χ2v) is 6.53. The minimum atomic E-state index is -0.810. The maximum atomic E-state index is 12.6. The number of carboxylic acid groups (broad SMARTS) is 1. The van der Waals surface area contributed by atoms with Crippen LogP contribution in [0.2, 0.25) is 0 Å². The van der Waals surface area contributed by atoms with Crippen LogP contribution in [0.5, 0.6) is 5.75 Å². The number of carboxylic acids is 1. The quantitative estimate of drug-likeness (QED) is 0.816. The van der Waals surface area contributed by atoms with E-state index in [0.717, 1.165) is 37.1 Å². The van der Waals surface area contributed by atoms with Crippen LogP contribution in [-0.4, -0.2) is 66.1 Å². The van der Waals surface area contributed by atoms with Crippen molar-refractivity contribution in [2.24, 2.45) is 0 Å². The first-order valence-electron chi connectivity index (χ1n) is 8.91. The molecule has 1 aliphatic rings. The van der Waals surface area contributed by atoms with Crippen LogP contribution >= 0.6 is 0 Å². The summed E-state index contributed by atoms with van der Waals surface area (Å²) in [5.74, 6) is 0.138. The van der Waals surface area contributed by atoms with Crippen LogP contribution in [0.25, 0.3) is 0 Å². The summed E-state index contributed by atoms with van der Waals surface area (Å²) >= 11 is 0. The average molecular weight is 348 g/mol. The monoisotopic (exact) mass is 348 g/mol. The molecule has 25 heavy (non-hydrogen) atoms. The largest absolute Gasteiger partial charge is 0.494 e. The van der Waals surface area contributed by atoms with Crippen LogP contribution in [0.15, 0.2) is 24.3 Å². The zero-order valence-corrected chi connectivity index (χ0v) is 15.1. The van der Waals surface area contributed by atoms with Gasteiger partial charge in [0.05, 0.1) is 19.6 Å². The van der Waals surface area contributed by atoms with Gasteiger partial charge in [0.1, 0.15) is 5.75 Å². The molecule has 1 saturated heterocycles. The fourth-order valence-electron chi connectivity index (χ4n) is 3.27. The van der Waals surface area contributed by atoms with Crippen LogP contribution in [0.3, 0.4) is 0 Å². The molecule has 1 atom stereocenters. The number of rotatable bonds is 7. The predicted molar refractivity (Wildman–Crippen MR) is 95.8 cm³/mol. The minimum absolute atomic E-state index is 0.0464. The number of amides is 1.